The number of hydrogen-bond donors (Lipinski definition) is 5. The van der Waals surface area contributed by atoms with Crippen molar-refractivity contribution in [1.82, 2.24) is 26.1 Å². The van der Waals surface area contributed by atoms with Crippen LogP contribution in [0.15, 0.2) is 115 Å². The molecule has 4 aromatic rings. The summed E-state index contributed by atoms with van der Waals surface area (Å²) >= 11 is 0. The average Bonchev–Trinajstić information content (AvgIpc) is 3.10. The molecule has 0 aliphatic heterocycles. The number of aliphatic hydroxyl groups excluding tert-OH is 1. The van der Waals surface area contributed by atoms with E-state index in [2.05, 4.69) is 25.8 Å². The third kappa shape index (κ3) is 11.0. The molecule has 12 nitrogen and oxygen atoms in total. The molecule has 0 spiro atoms. The number of pyridine rings is 1. The number of benzene rings is 3. The summed E-state index contributed by atoms with van der Waals surface area (Å²) in [5, 5.41) is 27.2. The normalized spacial score (nSPS) is 12.5. The molecule has 250 valence electrons. The minimum atomic E-state index is -1.30. The quantitative estimate of drug-likeness (QED) is 0.0908. The zero-order chi connectivity index (χ0) is 34.3. The Balaban J connectivity index is 1.48. The van der Waals surface area contributed by atoms with E-state index in [1.165, 1.54) is 18.2 Å². The van der Waals surface area contributed by atoms with Gasteiger partial charge in [0.15, 0.2) is 0 Å². The van der Waals surface area contributed by atoms with E-state index < -0.39 is 30.2 Å². The van der Waals surface area contributed by atoms with Gasteiger partial charge in [0.1, 0.15) is 18.1 Å². The number of ether oxygens (including phenoxy) is 2. The van der Waals surface area contributed by atoms with Crippen LogP contribution in [0.2, 0.25) is 0 Å². The standard InChI is InChI=1S/C36H39N5O7/c1-3-30(39-36(46)47-2)34(43)40-41(22-26-12-16-28(17-13-26)31-11-7-8-20-37-31)23-33(42)32(38-35(44)45)21-25-14-18-29(19-15-25)48-24-27-9-5-4-6-10-27/h3-20,32-33,38,42H,21-24H2,1-2H3,(H,39,46)(H,40,43)(H,44,45)/b30-3+/t32-,33-/m0/s1. The van der Waals surface area contributed by atoms with E-state index in [4.69, 9.17) is 4.74 Å². The van der Waals surface area contributed by atoms with Crippen LogP contribution >= 0.6 is 0 Å². The molecular formula is C36H39N5O7. The summed E-state index contributed by atoms with van der Waals surface area (Å²) in [5.74, 6) is -0.0109. The third-order valence-electron chi connectivity index (χ3n) is 7.31. The van der Waals surface area contributed by atoms with Gasteiger partial charge in [0.25, 0.3) is 5.91 Å². The largest absolute Gasteiger partial charge is 0.489 e. The molecule has 1 aromatic heterocycles. The number of allylic oxidation sites excluding steroid dienone is 1. The molecule has 48 heavy (non-hydrogen) atoms. The number of aromatic nitrogens is 1. The fourth-order valence-electron chi connectivity index (χ4n) is 4.82. The van der Waals surface area contributed by atoms with Gasteiger partial charge < -0.3 is 25.0 Å². The number of hydrazine groups is 1. The van der Waals surface area contributed by atoms with Gasteiger partial charge >= 0.3 is 12.2 Å². The number of hydrogen-bond acceptors (Lipinski definition) is 8. The highest BCUT2D eigenvalue weighted by Crippen LogP contribution is 2.19. The molecule has 3 amide bonds. The maximum absolute atomic E-state index is 13.2. The Morgan fingerprint density at radius 2 is 1.58 bits per heavy atom. The second-order valence-electron chi connectivity index (χ2n) is 10.8. The second-order valence-corrected chi connectivity index (χ2v) is 10.8. The van der Waals surface area contributed by atoms with Gasteiger partial charge in [0.2, 0.25) is 0 Å². The fraction of sp³-hybridized carbons (Fsp3) is 0.222. The van der Waals surface area contributed by atoms with E-state index in [9.17, 15) is 24.6 Å². The lowest BCUT2D eigenvalue weighted by atomic mass is 10.0. The van der Waals surface area contributed by atoms with Gasteiger partial charge in [0.05, 0.1) is 24.9 Å². The van der Waals surface area contributed by atoms with E-state index in [0.29, 0.717) is 12.4 Å². The van der Waals surface area contributed by atoms with Gasteiger partial charge in [-0.25, -0.2) is 14.6 Å². The highest BCUT2D eigenvalue weighted by Gasteiger charge is 2.26. The lowest BCUT2D eigenvalue weighted by Gasteiger charge is -2.30. The van der Waals surface area contributed by atoms with Gasteiger partial charge in [-0.1, -0.05) is 78.9 Å². The summed E-state index contributed by atoms with van der Waals surface area (Å²) in [6.45, 7) is 1.96. The molecule has 12 heteroatoms. The number of carbonyl (C=O) groups excluding carboxylic acids is 2. The molecule has 4 rings (SSSR count). The van der Waals surface area contributed by atoms with Crippen molar-refractivity contribution < 1.29 is 34.1 Å². The molecule has 0 saturated heterocycles. The lowest BCUT2D eigenvalue weighted by molar-refractivity contribution is -0.123. The number of nitrogens with zero attached hydrogens (tertiary/aromatic N) is 2. The molecule has 1 heterocycles. The van der Waals surface area contributed by atoms with Gasteiger partial charge in [-0.3, -0.25) is 20.5 Å². The Hall–Kier alpha value is -5.72. The van der Waals surface area contributed by atoms with Crippen LogP contribution in [0, 0.1) is 0 Å². The predicted molar refractivity (Wildman–Crippen MR) is 179 cm³/mol. The Bertz CT molecular complexity index is 1650. The summed E-state index contributed by atoms with van der Waals surface area (Å²) in [6.07, 6.45) is -0.107. The van der Waals surface area contributed by atoms with E-state index in [-0.39, 0.29) is 25.2 Å². The maximum Gasteiger partial charge on any atom is 0.411 e. The van der Waals surface area contributed by atoms with Crippen LogP contribution < -0.4 is 20.8 Å². The van der Waals surface area contributed by atoms with Crippen LogP contribution in [-0.4, -0.2) is 64.1 Å². The van der Waals surface area contributed by atoms with Crippen molar-refractivity contribution in [2.24, 2.45) is 0 Å². The Morgan fingerprint density at radius 3 is 2.21 bits per heavy atom. The van der Waals surface area contributed by atoms with Crippen molar-refractivity contribution in [3.8, 4) is 17.0 Å². The summed E-state index contributed by atoms with van der Waals surface area (Å²) < 4.78 is 10.5. The number of amides is 3. The Kier molecular flexibility index (Phi) is 13.1. The number of rotatable bonds is 15. The molecule has 0 aliphatic rings. The number of carbonyl (C=O) groups is 3. The monoisotopic (exact) mass is 653 g/mol. The first-order valence-corrected chi connectivity index (χ1v) is 15.2. The first kappa shape index (κ1) is 35.1. The Morgan fingerprint density at radius 1 is 0.896 bits per heavy atom. The smallest absolute Gasteiger partial charge is 0.411 e. The maximum atomic E-state index is 13.2. The molecular weight excluding hydrogens is 614 g/mol. The number of nitrogens with one attached hydrogen (secondary N) is 3. The van der Waals surface area contributed by atoms with Crippen molar-refractivity contribution >= 4 is 18.1 Å². The van der Waals surface area contributed by atoms with Crippen LogP contribution in [-0.2, 0) is 29.1 Å². The van der Waals surface area contributed by atoms with E-state index in [1.54, 1.807) is 25.3 Å². The lowest BCUT2D eigenvalue weighted by Crippen LogP contribution is -2.53. The zero-order valence-electron chi connectivity index (χ0n) is 26.7. The van der Waals surface area contributed by atoms with Crippen molar-refractivity contribution in [2.45, 2.75) is 38.6 Å². The molecule has 2 atom stereocenters. The molecule has 5 N–H and O–H groups in total. The summed E-state index contributed by atoms with van der Waals surface area (Å²) in [4.78, 5) is 41.1. The molecule has 0 bridgehead atoms. The summed E-state index contributed by atoms with van der Waals surface area (Å²) in [5.41, 5.74) is 6.93. The van der Waals surface area contributed by atoms with Crippen molar-refractivity contribution in [2.75, 3.05) is 13.7 Å². The third-order valence-corrected chi connectivity index (χ3v) is 7.31. The number of aliphatic hydroxyl groups is 1. The van der Waals surface area contributed by atoms with Crippen molar-refractivity contribution in [3.05, 3.63) is 132 Å². The van der Waals surface area contributed by atoms with Gasteiger partial charge in [-0.05, 0) is 54.3 Å². The molecule has 0 radical (unpaired) electrons. The second kappa shape index (κ2) is 17.8. The minimum absolute atomic E-state index is 0.0679. The van der Waals surface area contributed by atoms with Crippen molar-refractivity contribution in [3.63, 3.8) is 0 Å². The minimum Gasteiger partial charge on any atom is -0.489 e. The first-order valence-electron chi connectivity index (χ1n) is 15.2. The summed E-state index contributed by atoms with van der Waals surface area (Å²) in [7, 11) is 1.18. The number of methoxy groups -OCH3 is 1. The predicted octanol–water partition coefficient (Wildman–Crippen LogP) is 4.66. The molecule has 0 unspecified atom stereocenters. The fourth-order valence-corrected chi connectivity index (χ4v) is 4.82. The van der Waals surface area contributed by atoms with Crippen LogP contribution in [0.1, 0.15) is 23.6 Å². The van der Waals surface area contributed by atoms with Crippen LogP contribution in [0.5, 0.6) is 5.75 Å². The zero-order valence-corrected chi connectivity index (χ0v) is 26.7. The van der Waals surface area contributed by atoms with Crippen molar-refractivity contribution in [1.29, 1.82) is 0 Å². The van der Waals surface area contributed by atoms with Crippen LogP contribution in [0.4, 0.5) is 9.59 Å². The van der Waals surface area contributed by atoms with Gasteiger partial charge in [-0.2, -0.15) is 0 Å². The first-order chi connectivity index (χ1) is 23.2. The Labute approximate surface area is 279 Å². The van der Waals surface area contributed by atoms with Gasteiger partial charge in [-0.15, -0.1) is 0 Å². The van der Waals surface area contributed by atoms with Gasteiger partial charge in [0, 0.05) is 24.8 Å². The van der Waals surface area contributed by atoms with Crippen LogP contribution in [0.25, 0.3) is 11.3 Å². The molecule has 0 saturated carbocycles. The highest BCUT2D eigenvalue weighted by atomic mass is 16.5. The highest BCUT2D eigenvalue weighted by molar-refractivity contribution is 5.95. The number of alkyl carbamates (subject to hydrolysis) is 1. The average molecular weight is 654 g/mol. The molecule has 3 aromatic carbocycles. The van der Waals surface area contributed by atoms with E-state index in [0.717, 1.165) is 27.9 Å². The van der Waals surface area contributed by atoms with E-state index >= 15 is 0 Å². The molecule has 0 fully saturated rings. The van der Waals surface area contributed by atoms with E-state index in [1.807, 2.05) is 84.9 Å². The van der Waals surface area contributed by atoms with Crippen LogP contribution in [0.3, 0.4) is 0 Å². The number of carboxylic acid groups (broad SMARTS) is 1. The summed E-state index contributed by atoms with van der Waals surface area (Å²) in [6, 6.07) is 29.2. The topological polar surface area (TPSA) is 162 Å². The molecule has 0 aliphatic carbocycles. The SMILES string of the molecule is C/C=C(/NC(=O)OC)C(=O)NN(Cc1ccc(-c2ccccn2)cc1)C[C@H](O)[C@H](Cc1ccc(OCc2ccccc2)cc1)NC(=O)O.